The molecule has 0 bridgehead atoms. The third-order valence-corrected chi connectivity index (χ3v) is 3.20. The number of carbonyl (C=O) groups excluding carboxylic acids is 1. The Balaban J connectivity index is 1.49. The highest BCUT2D eigenvalue weighted by molar-refractivity contribution is 5.94. The number of carbonyl (C=O) groups is 1. The first-order valence-electron chi connectivity index (χ1n) is 7.04. The normalized spacial score (nSPS) is 10.5. The van der Waals surface area contributed by atoms with Gasteiger partial charge in [-0.3, -0.25) is 9.89 Å². The molecule has 118 valence electrons. The fourth-order valence-corrected chi connectivity index (χ4v) is 1.99. The summed E-state index contributed by atoms with van der Waals surface area (Å²) in [5.74, 6) is 0.169. The van der Waals surface area contributed by atoms with Crippen LogP contribution in [0.3, 0.4) is 0 Å². The van der Waals surface area contributed by atoms with Crippen LogP contribution in [0.4, 0.5) is 0 Å². The van der Waals surface area contributed by atoms with Crippen LogP contribution in [-0.4, -0.2) is 39.6 Å². The predicted molar refractivity (Wildman–Crippen MR) is 80.9 cm³/mol. The Hall–Kier alpha value is -3.16. The van der Waals surface area contributed by atoms with Gasteiger partial charge in [0.15, 0.2) is 0 Å². The van der Waals surface area contributed by atoms with Gasteiger partial charge >= 0.3 is 0 Å². The molecule has 3 aromatic rings. The average Bonchev–Trinajstić information content (AvgIpc) is 3.23. The minimum Gasteiger partial charge on any atom is -0.472 e. The number of hydrogen-bond acceptors (Lipinski definition) is 6. The van der Waals surface area contributed by atoms with Gasteiger partial charge < -0.3 is 10.1 Å². The van der Waals surface area contributed by atoms with E-state index in [2.05, 4.69) is 30.5 Å². The molecule has 0 fully saturated rings. The number of ether oxygens (including phenoxy) is 1. The Morgan fingerprint density at radius 1 is 1.26 bits per heavy atom. The van der Waals surface area contributed by atoms with Crippen LogP contribution >= 0.6 is 0 Å². The Kier molecular flexibility index (Phi) is 4.32. The molecular weight excluding hydrogens is 298 g/mol. The van der Waals surface area contributed by atoms with Crippen LogP contribution < -0.4 is 10.1 Å². The largest absolute Gasteiger partial charge is 0.472 e. The fourth-order valence-electron chi connectivity index (χ4n) is 1.99. The van der Waals surface area contributed by atoms with Gasteiger partial charge in [-0.25, -0.2) is 4.63 Å². The zero-order chi connectivity index (χ0) is 16.1. The molecule has 0 atom stereocenters. The molecule has 3 rings (SSSR count). The van der Waals surface area contributed by atoms with Crippen LogP contribution in [0.15, 0.2) is 41.2 Å². The summed E-state index contributed by atoms with van der Waals surface area (Å²) in [6.07, 6.45) is 1.68. The number of aromatic amines is 1. The molecule has 0 unspecified atom stereocenters. The van der Waals surface area contributed by atoms with Gasteiger partial charge in [-0.15, -0.1) is 0 Å². The number of nitrogens with zero attached hydrogens (tertiary/aromatic N) is 3. The molecule has 8 heteroatoms. The molecule has 1 amide bonds. The van der Waals surface area contributed by atoms with E-state index < -0.39 is 0 Å². The van der Waals surface area contributed by atoms with Crippen LogP contribution in [0.25, 0.3) is 11.3 Å². The van der Waals surface area contributed by atoms with E-state index in [0.29, 0.717) is 23.7 Å². The monoisotopic (exact) mass is 313 g/mol. The average molecular weight is 313 g/mol. The van der Waals surface area contributed by atoms with Crippen molar-refractivity contribution < 1.29 is 14.2 Å². The molecule has 2 aromatic heterocycles. The molecule has 2 N–H and O–H groups in total. The second-order valence-electron chi connectivity index (χ2n) is 4.81. The summed E-state index contributed by atoms with van der Waals surface area (Å²) >= 11 is 0. The van der Waals surface area contributed by atoms with Crippen molar-refractivity contribution in [3.05, 3.63) is 47.8 Å². The van der Waals surface area contributed by atoms with Gasteiger partial charge in [-0.2, -0.15) is 5.10 Å². The number of H-pyrrole nitrogens is 1. The van der Waals surface area contributed by atoms with Gasteiger partial charge in [0, 0.05) is 11.8 Å². The first-order valence-corrected chi connectivity index (χ1v) is 7.04. The lowest BCUT2D eigenvalue weighted by Gasteiger charge is -2.06. The van der Waals surface area contributed by atoms with Crippen LogP contribution in [0, 0.1) is 6.92 Å². The molecule has 0 saturated heterocycles. The second-order valence-corrected chi connectivity index (χ2v) is 4.81. The van der Waals surface area contributed by atoms with Crippen LogP contribution in [0.5, 0.6) is 5.88 Å². The van der Waals surface area contributed by atoms with Gasteiger partial charge in [-0.05, 0) is 35.8 Å². The Morgan fingerprint density at radius 3 is 2.74 bits per heavy atom. The molecule has 2 heterocycles. The van der Waals surface area contributed by atoms with Crippen molar-refractivity contribution in [2.75, 3.05) is 13.2 Å². The minimum absolute atomic E-state index is 0.167. The van der Waals surface area contributed by atoms with E-state index in [1.165, 1.54) is 0 Å². The predicted octanol–water partition coefficient (Wildman–Crippen LogP) is 1.58. The third-order valence-electron chi connectivity index (χ3n) is 3.20. The maximum absolute atomic E-state index is 12.0. The lowest BCUT2D eigenvalue weighted by molar-refractivity contribution is 0.0946. The highest BCUT2D eigenvalue weighted by atomic mass is 16.6. The zero-order valence-corrected chi connectivity index (χ0v) is 12.4. The summed E-state index contributed by atoms with van der Waals surface area (Å²) in [5.41, 5.74) is 3.02. The highest BCUT2D eigenvalue weighted by Gasteiger charge is 2.08. The summed E-state index contributed by atoms with van der Waals surface area (Å²) in [4.78, 5) is 12.0. The fraction of sp³-hybridized carbons (Fsp3) is 0.200. The minimum atomic E-state index is -0.167. The zero-order valence-electron chi connectivity index (χ0n) is 12.4. The first-order chi connectivity index (χ1) is 11.2. The number of aromatic nitrogens is 4. The van der Waals surface area contributed by atoms with Crippen molar-refractivity contribution in [3.8, 4) is 17.1 Å². The molecule has 1 aromatic carbocycles. The van der Waals surface area contributed by atoms with Crippen molar-refractivity contribution >= 4 is 5.91 Å². The van der Waals surface area contributed by atoms with Crippen molar-refractivity contribution in [1.29, 1.82) is 0 Å². The van der Waals surface area contributed by atoms with E-state index in [1.807, 2.05) is 18.2 Å². The van der Waals surface area contributed by atoms with Crippen molar-refractivity contribution in [2.45, 2.75) is 6.92 Å². The number of rotatable bonds is 6. The van der Waals surface area contributed by atoms with E-state index in [4.69, 9.17) is 4.74 Å². The molecule has 0 saturated carbocycles. The number of benzene rings is 1. The molecule has 0 aliphatic heterocycles. The van der Waals surface area contributed by atoms with Crippen LogP contribution in [-0.2, 0) is 0 Å². The highest BCUT2D eigenvalue weighted by Crippen LogP contribution is 2.16. The van der Waals surface area contributed by atoms with E-state index >= 15 is 0 Å². The smallest absolute Gasteiger partial charge is 0.278 e. The summed E-state index contributed by atoms with van der Waals surface area (Å²) in [5, 5.41) is 16.7. The molecular formula is C15H15N5O3. The quantitative estimate of drug-likeness (QED) is 0.669. The number of hydrogen-bond donors (Lipinski definition) is 2. The van der Waals surface area contributed by atoms with Gasteiger partial charge in [0.2, 0.25) is 0 Å². The van der Waals surface area contributed by atoms with Gasteiger partial charge in [0.05, 0.1) is 12.2 Å². The standard InChI is InChI=1S/C15H15N5O3/c1-10-15(20-23-19-10)22-9-8-16-14(21)12-4-2-11(3-5-12)13-6-7-17-18-13/h2-7H,8-9H2,1H3,(H,16,21)(H,17,18). The number of amides is 1. The lowest BCUT2D eigenvalue weighted by atomic mass is 10.1. The van der Waals surface area contributed by atoms with Crippen molar-refractivity contribution in [2.24, 2.45) is 0 Å². The molecule has 23 heavy (non-hydrogen) atoms. The first kappa shape index (κ1) is 14.8. The van der Waals surface area contributed by atoms with E-state index in [9.17, 15) is 4.79 Å². The maximum atomic E-state index is 12.0. The van der Waals surface area contributed by atoms with Crippen molar-refractivity contribution in [3.63, 3.8) is 0 Å². The van der Waals surface area contributed by atoms with Crippen molar-refractivity contribution in [1.82, 2.24) is 25.8 Å². The third kappa shape index (κ3) is 3.54. The van der Waals surface area contributed by atoms with Crippen LogP contribution in [0.2, 0.25) is 0 Å². The van der Waals surface area contributed by atoms with E-state index in [1.54, 1.807) is 25.3 Å². The molecule has 0 radical (unpaired) electrons. The molecule has 0 aliphatic carbocycles. The lowest BCUT2D eigenvalue weighted by Crippen LogP contribution is -2.28. The SMILES string of the molecule is Cc1nonc1OCCNC(=O)c1ccc(-c2ccn[nH]2)cc1. The van der Waals surface area contributed by atoms with Gasteiger partial charge in [0.1, 0.15) is 12.3 Å². The number of nitrogens with one attached hydrogen (secondary N) is 2. The Bertz CT molecular complexity index is 765. The van der Waals surface area contributed by atoms with E-state index in [0.717, 1.165) is 11.3 Å². The summed E-state index contributed by atoms with van der Waals surface area (Å²) < 4.78 is 9.85. The van der Waals surface area contributed by atoms with E-state index in [-0.39, 0.29) is 12.5 Å². The Labute approximate surface area is 131 Å². The number of aryl methyl sites for hydroxylation is 1. The summed E-state index contributed by atoms with van der Waals surface area (Å²) in [6, 6.07) is 9.12. The van der Waals surface area contributed by atoms with Crippen LogP contribution in [0.1, 0.15) is 16.1 Å². The van der Waals surface area contributed by atoms with Gasteiger partial charge in [-0.1, -0.05) is 17.3 Å². The molecule has 0 spiro atoms. The molecule has 0 aliphatic rings. The van der Waals surface area contributed by atoms with Gasteiger partial charge in [0.25, 0.3) is 11.8 Å². The molecule has 8 nitrogen and oxygen atoms in total. The Morgan fingerprint density at radius 2 is 2.09 bits per heavy atom. The topological polar surface area (TPSA) is 106 Å². The maximum Gasteiger partial charge on any atom is 0.278 e. The second kappa shape index (κ2) is 6.73. The summed E-state index contributed by atoms with van der Waals surface area (Å²) in [6.45, 7) is 2.37. The summed E-state index contributed by atoms with van der Waals surface area (Å²) in [7, 11) is 0.